The van der Waals surface area contributed by atoms with Crippen molar-refractivity contribution in [2.24, 2.45) is 0 Å². The first kappa shape index (κ1) is 17.4. The zero-order chi connectivity index (χ0) is 19.1. The lowest BCUT2D eigenvalue weighted by atomic mass is 9.90. The summed E-state index contributed by atoms with van der Waals surface area (Å²) in [7, 11) is 2.16. The van der Waals surface area contributed by atoms with E-state index < -0.39 is 0 Å². The molecule has 2 atom stereocenters. The highest BCUT2D eigenvalue weighted by Gasteiger charge is 2.37. The minimum Gasteiger partial charge on any atom is -0.378 e. The number of amides is 1. The third kappa shape index (κ3) is 2.99. The molecule has 0 radical (unpaired) electrons. The predicted octanol–water partition coefficient (Wildman–Crippen LogP) is 2.62. The van der Waals surface area contributed by atoms with Crippen LogP contribution in [0.25, 0.3) is 16.6 Å². The van der Waals surface area contributed by atoms with E-state index in [9.17, 15) is 4.79 Å². The highest BCUT2D eigenvalue weighted by atomic mass is 16.5. The third-order valence-electron chi connectivity index (χ3n) is 6.10. The predicted molar refractivity (Wildman–Crippen MR) is 108 cm³/mol. The molecule has 5 rings (SSSR count). The maximum Gasteiger partial charge on any atom is 0.253 e. The van der Waals surface area contributed by atoms with E-state index in [0.717, 1.165) is 42.6 Å². The SMILES string of the molecule is CN1C2COCC1CC(NC(=O)c1cn(-c3cccnc3)c3ccccc13)C2. The average molecular weight is 376 g/mol. The lowest BCUT2D eigenvalue weighted by Crippen LogP contribution is -2.59. The van der Waals surface area contributed by atoms with Gasteiger partial charge < -0.3 is 14.6 Å². The number of nitrogens with one attached hydrogen (secondary N) is 1. The number of carbonyl (C=O) groups excluding carboxylic acids is 1. The van der Waals surface area contributed by atoms with Gasteiger partial charge in [-0.05, 0) is 38.1 Å². The fourth-order valence-corrected chi connectivity index (χ4v) is 4.55. The number of carbonyl (C=O) groups is 1. The van der Waals surface area contributed by atoms with E-state index in [-0.39, 0.29) is 11.9 Å². The van der Waals surface area contributed by atoms with Crippen LogP contribution in [0.3, 0.4) is 0 Å². The average Bonchev–Trinajstić information content (AvgIpc) is 3.09. The van der Waals surface area contributed by atoms with E-state index in [4.69, 9.17) is 4.74 Å². The van der Waals surface area contributed by atoms with Crippen molar-refractivity contribution in [3.8, 4) is 5.69 Å². The Kier molecular flexibility index (Phi) is 4.37. The van der Waals surface area contributed by atoms with Gasteiger partial charge in [0, 0.05) is 35.9 Å². The Bertz CT molecular complexity index is 986. The van der Waals surface area contributed by atoms with Crippen LogP contribution in [-0.4, -0.2) is 58.7 Å². The number of fused-ring (bicyclic) bond motifs is 3. The number of nitrogens with zero attached hydrogens (tertiary/aromatic N) is 3. The number of para-hydroxylation sites is 1. The molecule has 2 aliphatic heterocycles. The molecule has 1 N–H and O–H groups in total. The van der Waals surface area contributed by atoms with Crippen molar-refractivity contribution >= 4 is 16.8 Å². The van der Waals surface area contributed by atoms with Crippen molar-refractivity contribution in [2.75, 3.05) is 20.3 Å². The molecule has 6 nitrogen and oxygen atoms in total. The van der Waals surface area contributed by atoms with Crippen LogP contribution in [0.15, 0.2) is 55.0 Å². The molecule has 2 bridgehead atoms. The zero-order valence-corrected chi connectivity index (χ0v) is 15.9. The second kappa shape index (κ2) is 7.04. The maximum absolute atomic E-state index is 13.2. The lowest BCUT2D eigenvalue weighted by Gasteiger charge is -2.46. The minimum absolute atomic E-state index is 0.00705. The Morgan fingerprint density at radius 3 is 2.68 bits per heavy atom. The van der Waals surface area contributed by atoms with Crippen LogP contribution < -0.4 is 5.32 Å². The number of pyridine rings is 1. The van der Waals surface area contributed by atoms with Gasteiger partial charge in [-0.15, -0.1) is 0 Å². The van der Waals surface area contributed by atoms with Crippen LogP contribution in [-0.2, 0) is 4.74 Å². The molecule has 28 heavy (non-hydrogen) atoms. The van der Waals surface area contributed by atoms with Crippen LogP contribution in [0.2, 0.25) is 0 Å². The highest BCUT2D eigenvalue weighted by molar-refractivity contribution is 6.07. The molecule has 4 heterocycles. The van der Waals surface area contributed by atoms with Gasteiger partial charge in [0.15, 0.2) is 0 Å². The second-order valence-corrected chi connectivity index (χ2v) is 7.79. The van der Waals surface area contributed by atoms with Gasteiger partial charge in [0.2, 0.25) is 0 Å². The molecule has 0 aliphatic carbocycles. The third-order valence-corrected chi connectivity index (χ3v) is 6.10. The summed E-state index contributed by atoms with van der Waals surface area (Å²) in [6, 6.07) is 12.9. The van der Waals surface area contributed by atoms with Crippen molar-refractivity contribution in [3.05, 3.63) is 60.6 Å². The first-order valence-electron chi connectivity index (χ1n) is 9.82. The van der Waals surface area contributed by atoms with E-state index in [1.165, 1.54) is 0 Å². The summed E-state index contributed by atoms with van der Waals surface area (Å²) in [5.41, 5.74) is 2.66. The molecule has 6 heteroatoms. The number of hydrogen-bond acceptors (Lipinski definition) is 4. The number of ether oxygens (including phenoxy) is 1. The van der Waals surface area contributed by atoms with Crippen LogP contribution in [0.5, 0.6) is 0 Å². The Morgan fingerprint density at radius 1 is 1.14 bits per heavy atom. The lowest BCUT2D eigenvalue weighted by molar-refractivity contribution is -0.0670. The summed E-state index contributed by atoms with van der Waals surface area (Å²) in [6.45, 7) is 1.50. The molecule has 1 aromatic carbocycles. The smallest absolute Gasteiger partial charge is 0.253 e. The summed E-state index contributed by atoms with van der Waals surface area (Å²) in [4.78, 5) is 19.8. The Hall–Kier alpha value is -2.70. The van der Waals surface area contributed by atoms with Crippen LogP contribution >= 0.6 is 0 Å². The number of benzene rings is 1. The fourth-order valence-electron chi connectivity index (χ4n) is 4.55. The van der Waals surface area contributed by atoms with E-state index in [1.54, 1.807) is 6.20 Å². The van der Waals surface area contributed by atoms with Gasteiger partial charge in [0.25, 0.3) is 5.91 Å². The maximum atomic E-state index is 13.2. The normalized spacial score (nSPS) is 25.0. The van der Waals surface area contributed by atoms with Gasteiger partial charge in [0.05, 0.1) is 36.2 Å². The van der Waals surface area contributed by atoms with Gasteiger partial charge in [-0.2, -0.15) is 0 Å². The van der Waals surface area contributed by atoms with E-state index in [0.29, 0.717) is 17.6 Å². The molecule has 144 valence electrons. The van der Waals surface area contributed by atoms with Gasteiger partial charge in [-0.1, -0.05) is 18.2 Å². The summed E-state index contributed by atoms with van der Waals surface area (Å²) < 4.78 is 7.73. The highest BCUT2D eigenvalue weighted by Crippen LogP contribution is 2.28. The fraction of sp³-hybridized carbons (Fsp3) is 0.364. The van der Waals surface area contributed by atoms with E-state index >= 15 is 0 Å². The second-order valence-electron chi connectivity index (χ2n) is 7.79. The number of rotatable bonds is 3. The molecule has 0 saturated carbocycles. The molecule has 2 aromatic heterocycles. The molecule has 2 saturated heterocycles. The summed E-state index contributed by atoms with van der Waals surface area (Å²) >= 11 is 0. The standard InChI is InChI=1S/C22H24N4O2/c1-25-17-9-15(10-18(25)14-28-13-17)24-22(27)20-12-26(16-5-4-8-23-11-16)21-7-3-2-6-19(20)21/h2-8,11-12,15,17-18H,9-10,13-14H2,1H3,(H,24,27). The topological polar surface area (TPSA) is 59.4 Å². The Labute approximate surface area is 164 Å². The minimum atomic E-state index is -0.00705. The molecule has 2 fully saturated rings. The number of morpholine rings is 1. The van der Waals surface area contributed by atoms with Gasteiger partial charge in [-0.3, -0.25) is 14.7 Å². The first-order valence-corrected chi connectivity index (χ1v) is 9.82. The molecule has 2 aliphatic rings. The van der Waals surface area contributed by atoms with Crippen molar-refractivity contribution in [3.63, 3.8) is 0 Å². The Balaban J connectivity index is 1.44. The molecular formula is C22H24N4O2. The van der Waals surface area contributed by atoms with Crippen LogP contribution in [0, 0.1) is 0 Å². The number of aromatic nitrogens is 2. The van der Waals surface area contributed by atoms with Crippen LogP contribution in [0.1, 0.15) is 23.2 Å². The van der Waals surface area contributed by atoms with Crippen molar-refractivity contribution in [1.82, 2.24) is 19.8 Å². The van der Waals surface area contributed by atoms with E-state index in [1.807, 2.05) is 53.4 Å². The quantitative estimate of drug-likeness (QED) is 0.763. The summed E-state index contributed by atoms with van der Waals surface area (Å²) in [5, 5.41) is 4.25. The van der Waals surface area contributed by atoms with Gasteiger partial charge in [0.1, 0.15) is 0 Å². The van der Waals surface area contributed by atoms with Gasteiger partial charge in [-0.25, -0.2) is 0 Å². The van der Waals surface area contributed by atoms with Crippen molar-refractivity contribution in [1.29, 1.82) is 0 Å². The molecule has 1 amide bonds. The van der Waals surface area contributed by atoms with E-state index in [2.05, 4.69) is 22.2 Å². The number of likely N-dealkylation sites (N-methyl/N-ethyl adjacent to an activating group) is 1. The monoisotopic (exact) mass is 376 g/mol. The van der Waals surface area contributed by atoms with Crippen LogP contribution in [0.4, 0.5) is 0 Å². The molecular weight excluding hydrogens is 352 g/mol. The largest absolute Gasteiger partial charge is 0.378 e. The number of piperidine rings is 1. The molecule has 2 unspecified atom stereocenters. The molecule has 3 aromatic rings. The Morgan fingerprint density at radius 2 is 1.93 bits per heavy atom. The van der Waals surface area contributed by atoms with Crippen molar-refractivity contribution < 1.29 is 9.53 Å². The summed E-state index contributed by atoms with van der Waals surface area (Å²) in [5.74, 6) is -0.00705. The van der Waals surface area contributed by atoms with Gasteiger partial charge >= 0.3 is 0 Å². The number of hydrogen-bond donors (Lipinski definition) is 1. The van der Waals surface area contributed by atoms with Crippen molar-refractivity contribution in [2.45, 2.75) is 31.0 Å². The molecule has 0 spiro atoms. The zero-order valence-electron chi connectivity index (χ0n) is 15.9. The summed E-state index contributed by atoms with van der Waals surface area (Å²) in [6.07, 6.45) is 7.35. The first-order chi connectivity index (χ1) is 13.7.